The maximum Gasteiger partial charge on any atom is 0.412 e. The van der Waals surface area contributed by atoms with Gasteiger partial charge in [-0.3, -0.25) is 25.2 Å². The first kappa shape index (κ1) is 37.0. The lowest BCUT2D eigenvalue weighted by Crippen LogP contribution is -2.34. The molecule has 0 aliphatic rings. The number of rotatable bonds is 16. The number of aryl methyl sites for hydroxylation is 1. The highest BCUT2D eigenvalue weighted by atomic mass is 16.5. The predicted octanol–water partition coefficient (Wildman–Crippen LogP) is 6.86. The Morgan fingerprint density at radius 2 is 1.69 bits per heavy atom. The van der Waals surface area contributed by atoms with E-state index in [0.29, 0.717) is 47.1 Å². The van der Waals surface area contributed by atoms with Crippen molar-refractivity contribution in [1.82, 2.24) is 19.9 Å². The Balaban J connectivity index is 1.20. The van der Waals surface area contributed by atoms with Gasteiger partial charge in [0, 0.05) is 42.7 Å². The quantitative estimate of drug-likeness (QED) is 0.0327. The fraction of sp³-hybridized carbons (Fsp3) is 0.282. The van der Waals surface area contributed by atoms with Crippen LogP contribution in [0.25, 0.3) is 11.0 Å². The molecule has 0 fully saturated rings. The van der Waals surface area contributed by atoms with Crippen LogP contribution < -0.4 is 25.0 Å². The number of unbranched alkanes of at least 4 members (excludes halogenated alkanes) is 3. The minimum absolute atomic E-state index is 0.0411. The first-order valence-electron chi connectivity index (χ1n) is 17.1. The van der Waals surface area contributed by atoms with Crippen molar-refractivity contribution < 1.29 is 28.6 Å². The molecule has 5 rings (SSSR count). The number of pyridine rings is 1. The van der Waals surface area contributed by atoms with E-state index in [4.69, 9.17) is 24.6 Å². The van der Waals surface area contributed by atoms with E-state index in [1.165, 1.54) is 12.0 Å². The van der Waals surface area contributed by atoms with Gasteiger partial charge in [-0.25, -0.2) is 14.8 Å². The summed E-state index contributed by atoms with van der Waals surface area (Å²) in [5.74, 6) is 1.18. The fourth-order valence-electron chi connectivity index (χ4n) is 5.42. The number of fused-ring (bicyclic) bond motifs is 1. The molecule has 2 aromatic heterocycles. The van der Waals surface area contributed by atoms with Gasteiger partial charge in [-0.15, -0.1) is 0 Å². The number of carbonyl (C=O) groups excluding carboxylic acids is 3. The normalized spacial score (nSPS) is 10.8. The van der Waals surface area contributed by atoms with Crippen molar-refractivity contribution in [1.29, 1.82) is 5.41 Å². The number of anilines is 2. The molecule has 2 heterocycles. The van der Waals surface area contributed by atoms with Crippen molar-refractivity contribution in [2.45, 2.75) is 45.6 Å². The molecule has 52 heavy (non-hydrogen) atoms. The van der Waals surface area contributed by atoms with Crippen LogP contribution in [0.3, 0.4) is 0 Å². The van der Waals surface area contributed by atoms with E-state index in [0.717, 1.165) is 42.7 Å². The second kappa shape index (κ2) is 18.1. The molecule has 0 saturated heterocycles. The molecule has 0 atom stereocenters. The molecule has 0 bridgehead atoms. The summed E-state index contributed by atoms with van der Waals surface area (Å²) in [5.41, 5.74) is 3.21. The Hall–Kier alpha value is -6.24. The fourth-order valence-corrected chi connectivity index (χ4v) is 5.42. The second-order valence-electron chi connectivity index (χ2n) is 12.0. The number of esters is 1. The van der Waals surface area contributed by atoms with E-state index < -0.39 is 12.1 Å². The molecule has 3 N–H and O–H groups in total. The van der Waals surface area contributed by atoms with Gasteiger partial charge in [0.05, 0.1) is 37.7 Å². The molecule has 13 heteroatoms. The average molecular weight is 706 g/mol. The number of carbonyl (C=O) groups is 3. The topological polar surface area (TPSA) is 161 Å². The third-order valence-electron chi connectivity index (χ3n) is 8.29. The van der Waals surface area contributed by atoms with Crippen LogP contribution >= 0.6 is 0 Å². The van der Waals surface area contributed by atoms with E-state index in [2.05, 4.69) is 22.5 Å². The van der Waals surface area contributed by atoms with Crippen LogP contribution in [0.1, 0.15) is 60.8 Å². The van der Waals surface area contributed by atoms with Crippen LogP contribution in [-0.2, 0) is 23.1 Å². The maximum atomic E-state index is 13.9. The summed E-state index contributed by atoms with van der Waals surface area (Å²) in [7, 11) is 3.44. The summed E-state index contributed by atoms with van der Waals surface area (Å²) < 4.78 is 17.8. The molecule has 270 valence electrons. The molecule has 0 unspecified atom stereocenters. The number of aromatic nitrogens is 3. The van der Waals surface area contributed by atoms with Crippen molar-refractivity contribution in [3.63, 3.8) is 0 Å². The summed E-state index contributed by atoms with van der Waals surface area (Å²) in [6, 6.07) is 24.4. The number of alkyl carbamates (subject to hydrolysis) is 1. The van der Waals surface area contributed by atoms with Crippen molar-refractivity contribution in [2.75, 3.05) is 30.5 Å². The van der Waals surface area contributed by atoms with Gasteiger partial charge in [-0.05, 0) is 73.2 Å². The molecule has 2 amide bonds. The summed E-state index contributed by atoms with van der Waals surface area (Å²) >= 11 is 0. The van der Waals surface area contributed by atoms with Gasteiger partial charge in [0.15, 0.2) is 0 Å². The molecule has 0 aliphatic carbocycles. The van der Waals surface area contributed by atoms with Gasteiger partial charge >= 0.3 is 12.1 Å². The van der Waals surface area contributed by atoms with Crippen molar-refractivity contribution >= 4 is 46.3 Å². The molecule has 0 spiro atoms. The van der Waals surface area contributed by atoms with Crippen molar-refractivity contribution in [2.24, 2.45) is 7.05 Å². The minimum atomic E-state index is -0.634. The number of imidazole rings is 1. The van der Waals surface area contributed by atoms with E-state index in [1.54, 1.807) is 72.9 Å². The third-order valence-corrected chi connectivity index (χ3v) is 8.29. The monoisotopic (exact) mass is 705 g/mol. The van der Waals surface area contributed by atoms with Crippen LogP contribution in [0, 0.1) is 5.41 Å². The molecule has 0 aliphatic heterocycles. The first-order chi connectivity index (χ1) is 25.2. The van der Waals surface area contributed by atoms with E-state index >= 15 is 0 Å². The highest BCUT2D eigenvalue weighted by molar-refractivity contribution is 6.07. The van der Waals surface area contributed by atoms with Crippen LogP contribution in [0.15, 0.2) is 91.1 Å². The lowest BCUT2D eigenvalue weighted by atomic mass is 10.1. The Morgan fingerprint density at radius 3 is 2.44 bits per heavy atom. The van der Waals surface area contributed by atoms with Crippen LogP contribution in [0.5, 0.6) is 11.5 Å². The number of benzene rings is 3. The van der Waals surface area contributed by atoms with Crippen LogP contribution in [0.4, 0.5) is 16.3 Å². The SMILES string of the molecule is CCCCCCOC(=O)NC(=N)c1ccc(NCc2nc3cc(C(=O)N(CCC(=O)Oc4cccc(OC)c4)c4ccccn4)ccc3n2C)cc1. The Bertz CT molecular complexity index is 2000. The Morgan fingerprint density at radius 1 is 0.904 bits per heavy atom. The van der Waals surface area contributed by atoms with Gasteiger partial charge in [0.1, 0.15) is 29.0 Å². The summed E-state index contributed by atoms with van der Waals surface area (Å²) in [6.45, 7) is 2.89. The predicted molar refractivity (Wildman–Crippen MR) is 199 cm³/mol. The largest absolute Gasteiger partial charge is 0.497 e. The zero-order valence-corrected chi connectivity index (χ0v) is 29.6. The Labute approximate surface area is 302 Å². The standard InChI is InChI=1S/C39H43N7O6/c1-4-5-6-9-23-51-39(49)44-37(40)27-14-17-29(18-15-27)42-26-35-43-32-24-28(16-19-33(32)45(35)2)38(48)46(34-13-7-8-21-41-34)22-20-36(47)52-31-12-10-11-30(25-31)50-3/h7-8,10-19,21,24-25,42H,4-6,9,20,22-23,26H2,1-3H3,(H2,40,44,49). The zero-order valence-electron chi connectivity index (χ0n) is 29.6. The molecule has 0 saturated carbocycles. The zero-order chi connectivity index (χ0) is 36.9. The van der Waals surface area contributed by atoms with Gasteiger partial charge in [-0.1, -0.05) is 38.3 Å². The van der Waals surface area contributed by atoms with E-state index in [-0.39, 0.29) is 24.7 Å². The third kappa shape index (κ3) is 9.93. The molecule has 3 aromatic carbocycles. The molecule has 13 nitrogen and oxygen atoms in total. The maximum absolute atomic E-state index is 13.9. The smallest absolute Gasteiger partial charge is 0.412 e. The number of amides is 2. The second-order valence-corrected chi connectivity index (χ2v) is 12.0. The summed E-state index contributed by atoms with van der Waals surface area (Å²) in [4.78, 5) is 49.3. The van der Waals surface area contributed by atoms with Gasteiger partial charge in [0.25, 0.3) is 5.91 Å². The van der Waals surface area contributed by atoms with Gasteiger partial charge < -0.3 is 24.1 Å². The number of amidine groups is 1. The van der Waals surface area contributed by atoms with Gasteiger partial charge in [-0.2, -0.15) is 0 Å². The van der Waals surface area contributed by atoms with Crippen LogP contribution in [0.2, 0.25) is 0 Å². The summed E-state index contributed by atoms with van der Waals surface area (Å²) in [5, 5.41) is 14.0. The van der Waals surface area contributed by atoms with Crippen molar-refractivity contribution in [3.8, 4) is 11.5 Å². The van der Waals surface area contributed by atoms with Gasteiger partial charge in [0.2, 0.25) is 0 Å². The number of nitrogens with zero attached hydrogens (tertiary/aromatic N) is 4. The highest BCUT2D eigenvalue weighted by Crippen LogP contribution is 2.23. The minimum Gasteiger partial charge on any atom is -0.497 e. The number of methoxy groups -OCH3 is 1. The molecular formula is C39H43N7O6. The van der Waals surface area contributed by atoms with E-state index in [1.807, 2.05) is 29.8 Å². The summed E-state index contributed by atoms with van der Waals surface area (Å²) in [6.07, 6.45) is 4.90. The lowest BCUT2D eigenvalue weighted by Gasteiger charge is -2.21. The van der Waals surface area contributed by atoms with E-state index in [9.17, 15) is 14.4 Å². The highest BCUT2D eigenvalue weighted by Gasteiger charge is 2.22. The van der Waals surface area contributed by atoms with Crippen LogP contribution in [-0.4, -0.2) is 58.6 Å². The first-order valence-corrected chi connectivity index (χ1v) is 17.1. The number of nitrogens with one attached hydrogen (secondary N) is 3. The number of ether oxygens (including phenoxy) is 3. The Kier molecular flexibility index (Phi) is 12.9. The lowest BCUT2D eigenvalue weighted by molar-refractivity contribution is -0.134. The van der Waals surface area contributed by atoms with Crippen molar-refractivity contribution in [3.05, 3.63) is 108 Å². The number of hydrogen-bond acceptors (Lipinski definition) is 10. The molecule has 5 aromatic rings. The average Bonchev–Trinajstić information content (AvgIpc) is 3.48. The number of hydrogen-bond donors (Lipinski definition) is 3. The molecular weight excluding hydrogens is 662 g/mol. The molecule has 0 radical (unpaired) electrons.